The Morgan fingerprint density at radius 1 is 1.15 bits per heavy atom. The summed E-state index contributed by atoms with van der Waals surface area (Å²) in [5, 5.41) is 0. The minimum Gasteiger partial charge on any atom is -0.491 e. The van der Waals surface area contributed by atoms with Crippen molar-refractivity contribution in [3.63, 3.8) is 0 Å². The molecule has 20 heavy (non-hydrogen) atoms. The van der Waals surface area contributed by atoms with Crippen molar-refractivity contribution < 1.29 is 22.7 Å². The van der Waals surface area contributed by atoms with E-state index in [4.69, 9.17) is 15.4 Å². The highest BCUT2D eigenvalue weighted by atomic mass is 32.2. The molecule has 0 bridgehead atoms. The SMILES string of the molecule is COCCCNS(=O)(=O)c1ccc(OCCON)cc1. The van der Waals surface area contributed by atoms with Crippen molar-refractivity contribution in [3.8, 4) is 5.75 Å². The summed E-state index contributed by atoms with van der Waals surface area (Å²) in [7, 11) is -1.92. The minimum atomic E-state index is -3.49. The zero-order valence-electron chi connectivity index (χ0n) is 11.4. The highest BCUT2D eigenvalue weighted by molar-refractivity contribution is 7.89. The van der Waals surface area contributed by atoms with E-state index >= 15 is 0 Å². The van der Waals surface area contributed by atoms with Crippen LogP contribution in [0.5, 0.6) is 5.75 Å². The number of ether oxygens (including phenoxy) is 2. The third-order valence-corrected chi connectivity index (χ3v) is 3.90. The van der Waals surface area contributed by atoms with E-state index < -0.39 is 10.0 Å². The average Bonchev–Trinajstić information content (AvgIpc) is 2.45. The van der Waals surface area contributed by atoms with E-state index in [1.807, 2.05) is 0 Å². The largest absolute Gasteiger partial charge is 0.491 e. The number of hydrogen-bond acceptors (Lipinski definition) is 6. The van der Waals surface area contributed by atoms with Crippen molar-refractivity contribution in [1.82, 2.24) is 4.72 Å². The molecule has 0 aliphatic carbocycles. The molecule has 1 aromatic carbocycles. The van der Waals surface area contributed by atoms with E-state index in [1.54, 1.807) is 19.2 Å². The van der Waals surface area contributed by atoms with E-state index in [2.05, 4.69) is 9.56 Å². The topological polar surface area (TPSA) is 99.9 Å². The molecule has 0 atom stereocenters. The Morgan fingerprint density at radius 3 is 2.45 bits per heavy atom. The van der Waals surface area contributed by atoms with E-state index in [9.17, 15) is 8.42 Å². The van der Waals surface area contributed by atoms with Crippen molar-refractivity contribution in [2.75, 3.05) is 33.5 Å². The first-order chi connectivity index (χ1) is 9.60. The van der Waals surface area contributed by atoms with Crippen molar-refractivity contribution in [2.24, 2.45) is 5.90 Å². The van der Waals surface area contributed by atoms with Gasteiger partial charge in [-0.1, -0.05) is 0 Å². The van der Waals surface area contributed by atoms with Gasteiger partial charge in [0, 0.05) is 20.3 Å². The Labute approximate surface area is 119 Å². The summed E-state index contributed by atoms with van der Waals surface area (Å²) in [6.45, 7) is 1.42. The molecule has 0 aliphatic heterocycles. The molecule has 0 heterocycles. The standard InChI is InChI=1S/C12H20N2O5S/c1-17-8-2-7-14-20(15,16)12-5-3-11(4-6-12)18-9-10-19-13/h3-6,14H,2,7-10,13H2,1H3. The average molecular weight is 304 g/mol. The Morgan fingerprint density at radius 2 is 1.85 bits per heavy atom. The second-order valence-electron chi connectivity index (χ2n) is 3.93. The molecule has 0 saturated carbocycles. The van der Waals surface area contributed by atoms with Crippen LogP contribution in [0.3, 0.4) is 0 Å². The molecule has 0 radical (unpaired) electrons. The fourth-order valence-electron chi connectivity index (χ4n) is 1.43. The van der Waals surface area contributed by atoms with Crippen molar-refractivity contribution >= 4 is 10.0 Å². The maximum Gasteiger partial charge on any atom is 0.240 e. The molecule has 8 heteroatoms. The summed E-state index contributed by atoms with van der Waals surface area (Å²) < 4.78 is 36.5. The first-order valence-corrected chi connectivity index (χ1v) is 7.61. The van der Waals surface area contributed by atoms with Gasteiger partial charge in [0.1, 0.15) is 19.0 Å². The van der Waals surface area contributed by atoms with Crippen LogP contribution in [0.15, 0.2) is 29.2 Å². The van der Waals surface area contributed by atoms with Gasteiger partial charge in [-0.2, -0.15) is 0 Å². The van der Waals surface area contributed by atoms with Crippen molar-refractivity contribution in [3.05, 3.63) is 24.3 Å². The van der Waals surface area contributed by atoms with Crippen LogP contribution >= 0.6 is 0 Å². The fourth-order valence-corrected chi connectivity index (χ4v) is 2.50. The monoisotopic (exact) mass is 304 g/mol. The summed E-state index contributed by atoms with van der Waals surface area (Å²) >= 11 is 0. The lowest BCUT2D eigenvalue weighted by Gasteiger charge is -2.08. The van der Waals surface area contributed by atoms with Crippen LogP contribution in [0.4, 0.5) is 0 Å². The lowest BCUT2D eigenvalue weighted by atomic mass is 10.3. The second-order valence-corrected chi connectivity index (χ2v) is 5.70. The molecule has 0 saturated heterocycles. The molecule has 0 amide bonds. The number of benzene rings is 1. The van der Waals surface area contributed by atoms with Crippen LogP contribution in [0.2, 0.25) is 0 Å². The number of rotatable bonds is 10. The van der Waals surface area contributed by atoms with Gasteiger partial charge in [0.2, 0.25) is 10.0 Å². The lowest BCUT2D eigenvalue weighted by molar-refractivity contribution is 0.102. The normalized spacial score (nSPS) is 11.5. The summed E-state index contributed by atoms with van der Waals surface area (Å²) in [5.41, 5.74) is 0. The van der Waals surface area contributed by atoms with Gasteiger partial charge in [-0.05, 0) is 30.7 Å². The molecule has 114 valence electrons. The molecule has 0 unspecified atom stereocenters. The first kappa shape index (κ1) is 16.9. The summed E-state index contributed by atoms with van der Waals surface area (Å²) in [4.78, 5) is 4.56. The molecule has 1 rings (SSSR count). The maximum atomic E-state index is 11.9. The second kappa shape index (κ2) is 8.88. The smallest absolute Gasteiger partial charge is 0.240 e. The lowest BCUT2D eigenvalue weighted by Crippen LogP contribution is -2.25. The third-order valence-electron chi connectivity index (χ3n) is 2.42. The number of nitrogens with two attached hydrogens (primary N) is 1. The zero-order valence-corrected chi connectivity index (χ0v) is 12.2. The zero-order chi connectivity index (χ0) is 14.8. The summed E-state index contributed by atoms with van der Waals surface area (Å²) in [6.07, 6.45) is 0.621. The molecular formula is C12H20N2O5S. The van der Waals surface area contributed by atoms with Gasteiger partial charge in [0.25, 0.3) is 0 Å². The minimum absolute atomic E-state index is 0.192. The van der Waals surface area contributed by atoms with Gasteiger partial charge in [-0.15, -0.1) is 0 Å². The number of nitrogens with one attached hydrogen (secondary N) is 1. The predicted octanol–water partition coefficient (Wildman–Crippen LogP) is 0.271. The Balaban J connectivity index is 2.53. The van der Waals surface area contributed by atoms with Gasteiger partial charge in [-0.3, -0.25) is 0 Å². The molecular weight excluding hydrogens is 284 g/mol. The summed E-state index contributed by atoms with van der Waals surface area (Å²) in [5.74, 6) is 5.42. The molecule has 0 aromatic heterocycles. The molecule has 0 spiro atoms. The summed E-state index contributed by atoms with van der Waals surface area (Å²) in [6, 6.07) is 6.13. The van der Waals surface area contributed by atoms with Crippen molar-refractivity contribution in [2.45, 2.75) is 11.3 Å². The van der Waals surface area contributed by atoms with Gasteiger partial charge in [0.05, 0.1) is 4.90 Å². The fraction of sp³-hybridized carbons (Fsp3) is 0.500. The van der Waals surface area contributed by atoms with Crippen LogP contribution < -0.4 is 15.4 Å². The van der Waals surface area contributed by atoms with E-state index in [0.717, 1.165) is 0 Å². The molecule has 1 aromatic rings. The number of sulfonamides is 1. The number of methoxy groups -OCH3 is 1. The predicted molar refractivity (Wildman–Crippen MR) is 73.8 cm³/mol. The molecule has 7 nitrogen and oxygen atoms in total. The van der Waals surface area contributed by atoms with Gasteiger partial charge in [-0.25, -0.2) is 19.0 Å². The Hall–Kier alpha value is -1.19. The van der Waals surface area contributed by atoms with E-state index in [-0.39, 0.29) is 11.5 Å². The Bertz CT molecular complexity index is 475. The quantitative estimate of drug-likeness (QED) is 0.475. The van der Waals surface area contributed by atoms with Crippen LogP contribution in [-0.2, 0) is 19.6 Å². The van der Waals surface area contributed by atoms with Crippen LogP contribution in [0.1, 0.15) is 6.42 Å². The molecule has 0 fully saturated rings. The van der Waals surface area contributed by atoms with Crippen LogP contribution in [-0.4, -0.2) is 41.9 Å². The van der Waals surface area contributed by atoms with Crippen molar-refractivity contribution in [1.29, 1.82) is 0 Å². The van der Waals surface area contributed by atoms with E-state index in [0.29, 0.717) is 31.9 Å². The molecule has 3 N–H and O–H groups in total. The van der Waals surface area contributed by atoms with Gasteiger partial charge in [0.15, 0.2) is 0 Å². The third kappa shape index (κ3) is 5.85. The maximum absolute atomic E-state index is 11.9. The van der Waals surface area contributed by atoms with Crippen LogP contribution in [0, 0.1) is 0 Å². The Kier molecular flexibility index (Phi) is 7.48. The van der Waals surface area contributed by atoms with Gasteiger partial charge >= 0.3 is 0 Å². The van der Waals surface area contributed by atoms with Gasteiger partial charge < -0.3 is 14.3 Å². The molecule has 0 aliphatic rings. The van der Waals surface area contributed by atoms with E-state index in [1.165, 1.54) is 12.1 Å². The first-order valence-electron chi connectivity index (χ1n) is 6.13. The highest BCUT2D eigenvalue weighted by Crippen LogP contribution is 2.15. The highest BCUT2D eigenvalue weighted by Gasteiger charge is 2.12. The van der Waals surface area contributed by atoms with Crippen LogP contribution in [0.25, 0.3) is 0 Å². The number of hydrogen-bond donors (Lipinski definition) is 2.